The number of hydrogen-bond acceptors (Lipinski definition) is 8. The number of methoxy groups -OCH3 is 1. The van der Waals surface area contributed by atoms with E-state index in [9.17, 15) is 10.1 Å². The molecule has 1 unspecified atom stereocenters. The van der Waals surface area contributed by atoms with E-state index in [1.165, 1.54) is 0 Å². The minimum atomic E-state index is -0.581. The van der Waals surface area contributed by atoms with Crippen LogP contribution in [0.4, 0.5) is 0 Å². The van der Waals surface area contributed by atoms with Gasteiger partial charge in [0.1, 0.15) is 40.4 Å². The van der Waals surface area contributed by atoms with Gasteiger partial charge < -0.3 is 29.4 Å². The predicted octanol–water partition coefficient (Wildman–Crippen LogP) is 5.47. The number of ether oxygens (including phenoxy) is 5. The molecule has 4 rings (SSSR count). The van der Waals surface area contributed by atoms with Gasteiger partial charge in [0.25, 0.3) is 0 Å². The van der Waals surface area contributed by atoms with Crippen molar-refractivity contribution in [2.24, 2.45) is 5.73 Å². The molecule has 1 aliphatic heterocycles. The summed E-state index contributed by atoms with van der Waals surface area (Å²) in [7, 11) is 1.57. The second-order valence-electron chi connectivity index (χ2n) is 8.69. The fourth-order valence-electron chi connectivity index (χ4n) is 4.14. The Labute approximate surface area is 222 Å². The summed E-state index contributed by atoms with van der Waals surface area (Å²) in [6.07, 6.45) is 3.19. The molecule has 0 saturated heterocycles. The number of fused-ring (bicyclic) bond motifs is 1. The van der Waals surface area contributed by atoms with Crippen LogP contribution in [0.5, 0.6) is 28.7 Å². The van der Waals surface area contributed by atoms with Gasteiger partial charge >= 0.3 is 5.97 Å². The Kier molecular flexibility index (Phi) is 8.73. The SMILES string of the molecule is CCCCCOc1cccc(C2C(C#N)=C(N)Oc3cc(OC(=O)COc4ccc(OC)cc4)ccc32)c1. The number of nitriles is 1. The summed E-state index contributed by atoms with van der Waals surface area (Å²) < 4.78 is 27.7. The lowest BCUT2D eigenvalue weighted by molar-refractivity contribution is -0.136. The van der Waals surface area contributed by atoms with E-state index in [2.05, 4.69) is 13.0 Å². The van der Waals surface area contributed by atoms with Crippen molar-refractivity contribution >= 4 is 5.97 Å². The van der Waals surface area contributed by atoms with Crippen LogP contribution in [-0.2, 0) is 4.79 Å². The topological polar surface area (TPSA) is 113 Å². The van der Waals surface area contributed by atoms with Crippen LogP contribution >= 0.6 is 0 Å². The Bertz CT molecular complexity index is 1340. The van der Waals surface area contributed by atoms with Gasteiger partial charge in [0.2, 0.25) is 5.88 Å². The molecule has 0 saturated carbocycles. The van der Waals surface area contributed by atoms with Gasteiger partial charge in [-0.3, -0.25) is 0 Å². The molecule has 1 atom stereocenters. The highest BCUT2D eigenvalue weighted by molar-refractivity contribution is 5.74. The van der Waals surface area contributed by atoms with Crippen LogP contribution in [-0.4, -0.2) is 26.3 Å². The summed E-state index contributed by atoms with van der Waals surface area (Å²) in [6.45, 7) is 2.49. The number of benzene rings is 3. The minimum absolute atomic E-state index is 0.00517. The highest BCUT2D eigenvalue weighted by atomic mass is 16.6. The average molecular weight is 515 g/mol. The number of esters is 1. The van der Waals surface area contributed by atoms with E-state index in [1.54, 1.807) is 49.6 Å². The van der Waals surface area contributed by atoms with Crippen molar-refractivity contribution in [3.05, 3.63) is 89.3 Å². The molecule has 196 valence electrons. The molecule has 0 spiro atoms. The monoisotopic (exact) mass is 514 g/mol. The number of carbonyl (C=O) groups is 1. The zero-order chi connectivity index (χ0) is 26.9. The first-order valence-electron chi connectivity index (χ1n) is 12.4. The van der Waals surface area contributed by atoms with Crippen LogP contribution < -0.4 is 29.4 Å². The molecule has 3 aromatic rings. The zero-order valence-electron chi connectivity index (χ0n) is 21.4. The Morgan fingerprint density at radius 2 is 1.74 bits per heavy atom. The summed E-state index contributed by atoms with van der Waals surface area (Å²) in [5.74, 6) is 1.57. The molecule has 0 fully saturated rings. The maximum Gasteiger partial charge on any atom is 0.349 e. The molecular formula is C30H30N2O6. The quantitative estimate of drug-likeness (QED) is 0.204. The first-order valence-corrected chi connectivity index (χ1v) is 12.4. The van der Waals surface area contributed by atoms with E-state index in [1.807, 2.05) is 24.3 Å². The first-order chi connectivity index (χ1) is 18.5. The van der Waals surface area contributed by atoms with Gasteiger partial charge in [-0.1, -0.05) is 38.0 Å². The molecular weight excluding hydrogens is 484 g/mol. The summed E-state index contributed by atoms with van der Waals surface area (Å²) in [6, 6.07) is 21.7. The van der Waals surface area contributed by atoms with E-state index in [4.69, 9.17) is 29.4 Å². The second kappa shape index (κ2) is 12.5. The fourth-order valence-corrected chi connectivity index (χ4v) is 4.14. The Morgan fingerprint density at radius 3 is 2.47 bits per heavy atom. The van der Waals surface area contributed by atoms with Crippen molar-refractivity contribution in [3.8, 4) is 34.8 Å². The highest BCUT2D eigenvalue weighted by Crippen LogP contribution is 2.44. The molecule has 0 aliphatic carbocycles. The van der Waals surface area contributed by atoms with Gasteiger partial charge in [-0.15, -0.1) is 0 Å². The van der Waals surface area contributed by atoms with Gasteiger partial charge in [0.05, 0.1) is 19.6 Å². The van der Waals surface area contributed by atoms with Crippen LogP contribution in [0.2, 0.25) is 0 Å². The lowest BCUT2D eigenvalue weighted by atomic mass is 9.83. The predicted molar refractivity (Wildman–Crippen MR) is 141 cm³/mol. The van der Waals surface area contributed by atoms with E-state index in [0.717, 1.165) is 36.1 Å². The molecule has 2 N–H and O–H groups in total. The maximum atomic E-state index is 12.4. The van der Waals surface area contributed by atoms with Crippen molar-refractivity contribution in [2.45, 2.75) is 32.1 Å². The zero-order valence-corrected chi connectivity index (χ0v) is 21.4. The molecule has 3 aromatic carbocycles. The van der Waals surface area contributed by atoms with Crippen LogP contribution in [0.1, 0.15) is 43.2 Å². The Hall–Kier alpha value is -4.64. The minimum Gasteiger partial charge on any atom is -0.497 e. The van der Waals surface area contributed by atoms with Crippen molar-refractivity contribution < 1.29 is 28.5 Å². The summed E-state index contributed by atoms with van der Waals surface area (Å²) in [5.41, 5.74) is 8.02. The first kappa shape index (κ1) is 26.4. The molecule has 0 amide bonds. The molecule has 1 aliphatic rings. The third kappa shape index (κ3) is 6.37. The number of allylic oxidation sites excluding steroid dienone is 1. The van der Waals surface area contributed by atoms with E-state index in [0.29, 0.717) is 29.4 Å². The number of hydrogen-bond donors (Lipinski definition) is 1. The third-order valence-electron chi connectivity index (χ3n) is 6.05. The number of nitrogens with two attached hydrogens (primary N) is 1. The fraction of sp³-hybridized carbons (Fsp3) is 0.267. The van der Waals surface area contributed by atoms with Crippen molar-refractivity contribution in [2.75, 3.05) is 20.3 Å². The van der Waals surface area contributed by atoms with Gasteiger partial charge in [0, 0.05) is 11.6 Å². The van der Waals surface area contributed by atoms with Gasteiger partial charge in [0.15, 0.2) is 6.61 Å². The third-order valence-corrected chi connectivity index (χ3v) is 6.05. The maximum absolute atomic E-state index is 12.4. The normalized spacial score (nSPS) is 14.1. The van der Waals surface area contributed by atoms with Crippen LogP contribution in [0.25, 0.3) is 0 Å². The molecule has 8 heteroatoms. The van der Waals surface area contributed by atoms with E-state index in [-0.39, 0.29) is 18.2 Å². The van der Waals surface area contributed by atoms with Crippen LogP contribution in [0.3, 0.4) is 0 Å². The van der Waals surface area contributed by atoms with Gasteiger partial charge in [-0.05, 0) is 54.4 Å². The van der Waals surface area contributed by atoms with Crippen molar-refractivity contribution in [3.63, 3.8) is 0 Å². The second-order valence-corrected chi connectivity index (χ2v) is 8.69. The average Bonchev–Trinajstić information content (AvgIpc) is 2.94. The number of rotatable bonds is 11. The molecule has 0 aromatic heterocycles. The Balaban J connectivity index is 1.49. The van der Waals surface area contributed by atoms with E-state index < -0.39 is 11.9 Å². The summed E-state index contributed by atoms with van der Waals surface area (Å²) in [4.78, 5) is 12.4. The van der Waals surface area contributed by atoms with Gasteiger partial charge in [-0.25, -0.2) is 4.79 Å². The van der Waals surface area contributed by atoms with Gasteiger partial charge in [-0.2, -0.15) is 5.26 Å². The molecule has 0 bridgehead atoms. The van der Waals surface area contributed by atoms with Crippen molar-refractivity contribution in [1.29, 1.82) is 5.26 Å². The molecule has 8 nitrogen and oxygen atoms in total. The lowest BCUT2D eigenvalue weighted by Gasteiger charge is -2.27. The molecule has 1 heterocycles. The smallest absolute Gasteiger partial charge is 0.349 e. The number of nitrogens with zero attached hydrogens (tertiary/aromatic N) is 1. The highest BCUT2D eigenvalue weighted by Gasteiger charge is 2.31. The summed E-state index contributed by atoms with van der Waals surface area (Å²) in [5, 5.41) is 9.86. The number of carbonyl (C=O) groups excluding carboxylic acids is 1. The standard InChI is InChI=1S/C30H30N2O6/c1-3-4-5-15-35-23-8-6-7-20(16-23)29-25-14-13-24(17-27(25)38-30(32)26(29)18-31)37-28(33)19-36-22-11-9-21(34-2)10-12-22/h6-14,16-17,29H,3-5,15,19,32H2,1-2H3. The largest absolute Gasteiger partial charge is 0.497 e. The Morgan fingerprint density at radius 1 is 0.974 bits per heavy atom. The molecule has 38 heavy (non-hydrogen) atoms. The van der Waals surface area contributed by atoms with Crippen molar-refractivity contribution in [1.82, 2.24) is 0 Å². The van der Waals surface area contributed by atoms with E-state index >= 15 is 0 Å². The summed E-state index contributed by atoms with van der Waals surface area (Å²) >= 11 is 0. The number of unbranched alkanes of at least 4 members (excludes halogenated alkanes) is 2. The molecule has 0 radical (unpaired) electrons. The van der Waals surface area contributed by atoms with Crippen LogP contribution in [0, 0.1) is 11.3 Å². The van der Waals surface area contributed by atoms with Crippen LogP contribution in [0.15, 0.2) is 78.2 Å². The lowest BCUT2D eigenvalue weighted by Crippen LogP contribution is -2.21.